The van der Waals surface area contributed by atoms with E-state index in [2.05, 4.69) is 0 Å². The van der Waals surface area contributed by atoms with E-state index in [4.69, 9.17) is 0 Å². The van der Waals surface area contributed by atoms with Crippen molar-refractivity contribution in [2.75, 3.05) is 10.6 Å². The van der Waals surface area contributed by atoms with Gasteiger partial charge in [0.25, 0.3) is 0 Å². The molecule has 0 aromatic heterocycles. The molecule has 0 radical (unpaired) electrons. The molecule has 4 nitrogen and oxygen atoms in total. The van der Waals surface area contributed by atoms with Crippen molar-refractivity contribution in [3.05, 3.63) is 58.7 Å². The van der Waals surface area contributed by atoms with E-state index in [9.17, 15) is 44.7 Å². The second-order valence-electron chi connectivity index (χ2n) is 8.13. The summed E-state index contributed by atoms with van der Waals surface area (Å²) in [6.07, 6.45) is 0.290. The van der Waals surface area contributed by atoms with Gasteiger partial charge < -0.3 is 10.6 Å². The van der Waals surface area contributed by atoms with Gasteiger partial charge >= 0.3 is 35.5 Å². The number of nitrogens with one attached hydrogen (secondary N) is 2. The molecule has 2 rings (SSSR count). The smallest absolute Gasteiger partial charge is 0.320 e. The molecule has 2 aromatic rings. The molecule has 0 unspecified atom stereocenters. The van der Waals surface area contributed by atoms with Crippen LogP contribution in [0.1, 0.15) is 36.1 Å². The molecule has 0 atom stereocenters. The summed E-state index contributed by atoms with van der Waals surface area (Å²) in [6.45, 7) is 5.74. The Kier molecular flexibility index (Phi) is 8.12. The van der Waals surface area contributed by atoms with Crippen LogP contribution in [-0.4, -0.2) is 35.5 Å². The molecule has 0 heterocycles. The highest BCUT2D eigenvalue weighted by Gasteiger charge is 2.84. The summed E-state index contributed by atoms with van der Waals surface area (Å²) < 4.78 is 115. The second kappa shape index (κ2) is 10.1. The van der Waals surface area contributed by atoms with Gasteiger partial charge in [-0.3, -0.25) is 9.59 Å². The molecule has 0 saturated heterocycles. The van der Waals surface area contributed by atoms with Crippen molar-refractivity contribution in [3.63, 3.8) is 0 Å². The number of aryl methyl sites for hydroxylation is 4. The molecule has 198 valence electrons. The fourth-order valence-electron chi connectivity index (χ4n) is 3.47. The van der Waals surface area contributed by atoms with E-state index >= 15 is 0 Å². The molecule has 0 spiro atoms. The number of para-hydroxylation sites is 2. The van der Waals surface area contributed by atoms with Gasteiger partial charge in [-0.1, -0.05) is 50.2 Å². The van der Waals surface area contributed by atoms with Crippen molar-refractivity contribution in [1.82, 2.24) is 0 Å². The van der Waals surface area contributed by atoms with Crippen LogP contribution < -0.4 is 10.6 Å². The van der Waals surface area contributed by atoms with Gasteiger partial charge in [-0.15, -0.1) is 0 Å². The standard InChI is InChI=1S/C24H24F8N2O2/c1-5-15-11-7-9-13(3)17(15)33-19(35)21(25,26)23(29,30)24(31,32)22(27,28)20(36)34-18-14(4)10-8-12-16(18)6-2/h7-12H,5-6H2,1-4H3,(H,33,35)(H,34,36). The predicted octanol–water partition coefficient (Wildman–Crippen LogP) is 6.55. The maximum absolute atomic E-state index is 14.4. The third-order valence-corrected chi connectivity index (χ3v) is 5.71. The van der Waals surface area contributed by atoms with Gasteiger partial charge in [0.2, 0.25) is 0 Å². The predicted molar refractivity (Wildman–Crippen MR) is 118 cm³/mol. The maximum atomic E-state index is 14.4. The van der Waals surface area contributed by atoms with Gasteiger partial charge in [-0.2, -0.15) is 35.1 Å². The number of rotatable bonds is 9. The number of benzene rings is 2. The molecule has 36 heavy (non-hydrogen) atoms. The highest BCUT2D eigenvalue weighted by molar-refractivity contribution is 6.00. The zero-order chi connectivity index (χ0) is 27.7. The molecule has 12 heteroatoms. The van der Waals surface area contributed by atoms with Gasteiger partial charge in [0, 0.05) is 11.4 Å². The Bertz CT molecular complexity index is 1060. The fraction of sp³-hybridized carbons (Fsp3) is 0.417. The van der Waals surface area contributed by atoms with Crippen molar-refractivity contribution in [3.8, 4) is 0 Å². The summed E-state index contributed by atoms with van der Waals surface area (Å²) in [6, 6.07) is 8.33. The van der Waals surface area contributed by atoms with Gasteiger partial charge in [-0.05, 0) is 48.9 Å². The van der Waals surface area contributed by atoms with E-state index in [1.54, 1.807) is 13.8 Å². The Morgan fingerprint density at radius 3 is 1.22 bits per heavy atom. The van der Waals surface area contributed by atoms with Gasteiger partial charge in [0.05, 0.1) is 0 Å². The fourth-order valence-corrected chi connectivity index (χ4v) is 3.47. The SMILES string of the molecule is CCc1cccc(C)c1NC(=O)C(F)(F)C(F)(F)C(F)(F)C(F)(F)C(=O)Nc1c(C)cccc1CC. The molecule has 0 aliphatic rings. The van der Waals surface area contributed by atoms with Gasteiger partial charge in [0.1, 0.15) is 0 Å². The monoisotopic (exact) mass is 524 g/mol. The lowest BCUT2D eigenvalue weighted by Gasteiger charge is -2.35. The number of hydrogen-bond acceptors (Lipinski definition) is 2. The molecule has 0 aliphatic carbocycles. The number of anilines is 2. The first-order valence-corrected chi connectivity index (χ1v) is 10.8. The first-order valence-electron chi connectivity index (χ1n) is 10.8. The number of amides is 2. The minimum atomic E-state index is -6.96. The van der Waals surface area contributed by atoms with Crippen molar-refractivity contribution in [1.29, 1.82) is 0 Å². The summed E-state index contributed by atoms with van der Waals surface area (Å²) in [5.74, 6) is -32.4. The number of alkyl halides is 8. The first kappa shape index (κ1) is 29.1. The van der Waals surface area contributed by atoms with Crippen LogP contribution in [0.5, 0.6) is 0 Å². The number of hydrogen-bond donors (Lipinski definition) is 2. The van der Waals surface area contributed by atoms with Crippen molar-refractivity contribution in [2.45, 2.75) is 64.2 Å². The number of halogens is 8. The second-order valence-corrected chi connectivity index (χ2v) is 8.13. The Balaban J connectivity index is 2.43. The zero-order valence-electron chi connectivity index (χ0n) is 19.7. The van der Waals surface area contributed by atoms with Crippen LogP contribution in [0.3, 0.4) is 0 Å². The first-order chi connectivity index (χ1) is 16.5. The summed E-state index contributed by atoms with van der Waals surface area (Å²) in [5, 5.41) is 2.89. The van der Waals surface area contributed by atoms with Crippen LogP contribution in [0.4, 0.5) is 46.5 Å². The van der Waals surface area contributed by atoms with Crippen LogP contribution in [0, 0.1) is 13.8 Å². The lowest BCUT2D eigenvalue weighted by molar-refractivity contribution is -0.345. The highest BCUT2D eigenvalue weighted by Crippen LogP contribution is 2.53. The van der Waals surface area contributed by atoms with E-state index in [-0.39, 0.29) is 46.5 Å². The molecule has 0 saturated carbocycles. The van der Waals surface area contributed by atoms with Crippen LogP contribution in [0.2, 0.25) is 0 Å². The highest BCUT2D eigenvalue weighted by atomic mass is 19.4. The molecule has 0 aliphatic heterocycles. The minimum absolute atomic E-state index is 0.142. The van der Waals surface area contributed by atoms with E-state index in [0.29, 0.717) is 0 Å². The average molecular weight is 524 g/mol. The number of carbonyl (C=O) groups excluding carboxylic acids is 2. The van der Waals surface area contributed by atoms with Gasteiger partial charge in [-0.25, -0.2) is 0 Å². The lowest BCUT2D eigenvalue weighted by Crippen LogP contribution is -2.67. The Labute approximate surface area is 202 Å². The normalized spacial score (nSPS) is 12.9. The van der Waals surface area contributed by atoms with Crippen LogP contribution in [0.15, 0.2) is 36.4 Å². The Hall–Kier alpha value is -3.18. The molecular weight excluding hydrogens is 500 g/mol. The van der Waals surface area contributed by atoms with E-state index in [0.717, 1.165) is 0 Å². The lowest BCUT2D eigenvalue weighted by atomic mass is 9.96. The molecule has 2 N–H and O–H groups in total. The van der Waals surface area contributed by atoms with E-state index in [1.807, 2.05) is 0 Å². The maximum Gasteiger partial charge on any atom is 0.393 e. The molecular formula is C24H24F8N2O2. The molecule has 2 aromatic carbocycles. The molecule has 0 bridgehead atoms. The number of carbonyl (C=O) groups is 2. The summed E-state index contributed by atoms with van der Waals surface area (Å²) in [5.41, 5.74) is 0.0131. The minimum Gasteiger partial charge on any atom is -0.320 e. The molecule has 0 fully saturated rings. The molecule has 2 amide bonds. The topological polar surface area (TPSA) is 58.2 Å². The van der Waals surface area contributed by atoms with Crippen molar-refractivity contribution >= 4 is 23.2 Å². The third kappa shape index (κ3) is 4.77. The largest absolute Gasteiger partial charge is 0.393 e. The Morgan fingerprint density at radius 2 is 0.944 bits per heavy atom. The zero-order valence-corrected chi connectivity index (χ0v) is 19.7. The van der Waals surface area contributed by atoms with Gasteiger partial charge in [0.15, 0.2) is 0 Å². The van der Waals surface area contributed by atoms with Crippen molar-refractivity contribution < 1.29 is 44.7 Å². The Morgan fingerprint density at radius 1 is 0.639 bits per heavy atom. The van der Waals surface area contributed by atoms with Crippen molar-refractivity contribution in [2.24, 2.45) is 0 Å². The summed E-state index contributed by atoms with van der Waals surface area (Å²) >= 11 is 0. The third-order valence-electron chi connectivity index (χ3n) is 5.71. The quantitative estimate of drug-likeness (QED) is 0.366. The average Bonchev–Trinajstić information content (AvgIpc) is 2.80. The summed E-state index contributed by atoms with van der Waals surface area (Å²) in [7, 11) is 0. The van der Waals surface area contributed by atoms with Crippen LogP contribution >= 0.6 is 0 Å². The van der Waals surface area contributed by atoms with Crippen LogP contribution in [-0.2, 0) is 22.4 Å². The van der Waals surface area contributed by atoms with Crippen LogP contribution in [0.25, 0.3) is 0 Å². The van der Waals surface area contributed by atoms with E-state index in [1.165, 1.54) is 60.9 Å². The van der Waals surface area contributed by atoms with E-state index < -0.39 is 35.5 Å². The summed E-state index contributed by atoms with van der Waals surface area (Å²) in [4.78, 5) is 24.1.